The fourth-order valence-electron chi connectivity index (χ4n) is 3.02. The summed E-state index contributed by atoms with van der Waals surface area (Å²) in [6, 6.07) is -5.05. The monoisotopic (exact) mass is 535 g/mol. The van der Waals surface area contributed by atoms with E-state index in [4.69, 9.17) is 21.7 Å². The van der Waals surface area contributed by atoms with Crippen LogP contribution in [0.3, 0.4) is 0 Å². The molecule has 0 radical (unpaired) electrons. The van der Waals surface area contributed by atoms with Gasteiger partial charge in [-0.05, 0) is 57.1 Å². The molecule has 0 aliphatic carbocycles. The van der Waals surface area contributed by atoms with Crippen molar-refractivity contribution in [3.63, 3.8) is 0 Å². The molecule has 15 heteroatoms. The van der Waals surface area contributed by atoms with Crippen molar-refractivity contribution in [3.8, 4) is 0 Å². The Balaban J connectivity index is 5.55. The molecular formula is C21H37N5O9S. The predicted molar refractivity (Wildman–Crippen MR) is 131 cm³/mol. The first-order chi connectivity index (χ1) is 16.9. The van der Waals surface area contributed by atoms with Crippen LogP contribution in [-0.4, -0.2) is 93.7 Å². The minimum absolute atomic E-state index is 0.0725. The van der Waals surface area contributed by atoms with Crippen molar-refractivity contribution in [2.75, 3.05) is 18.6 Å². The van der Waals surface area contributed by atoms with E-state index in [0.29, 0.717) is 31.6 Å². The van der Waals surface area contributed by atoms with Crippen molar-refractivity contribution in [2.24, 2.45) is 11.5 Å². The van der Waals surface area contributed by atoms with Crippen LogP contribution >= 0.6 is 11.8 Å². The highest BCUT2D eigenvalue weighted by atomic mass is 32.2. The molecule has 3 amide bonds. The number of carboxylic acid groups (broad SMARTS) is 3. The van der Waals surface area contributed by atoms with Gasteiger partial charge in [0.2, 0.25) is 17.7 Å². The lowest BCUT2D eigenvalue weighted by Gasteiger charge is -2.25. The third-order valence-electron chi connectivity index (χ3n) is 5.09. The van der Waals surface area contributed by atoms with E-state index < -0.39 is 72.6 Å². The molecule has 0 aromatic rings. The Hall–Kier alpha value is -2.91. The summed E-state index contributed by atoms with van der Waals surface area (Å²) < 4.78 is 0. The minimum Gasteiger partial charge on any atom is -0.481 e. The average molecular weight is 536 g/mol. The molecule has 0 aliphatic heterocycles. The average Bonchev–Trinajstić information content (AvgIpc) is 2.81. The highest BCUT2D eigenvalue weighted by Crippen LogP contribution is 2.07. The second kappa shape index (κ2) is 18.4. The molecule has 0 fully saturated rings. The molecule has 4 atom stereocenters. The number of hydrogen-bond acceptors (Lipinski definition) is 9. The number of carbonyl (C=O) groups excluding carboxylic acids is 3. The number of unbranched alkanes of at least 4 members (excludes halogenated alkanes) is 1. The van der Waals surface area contributed by atoms with Crippen LogP contribution in [0.25, 0.3) is 0 Å². The van der Waals surface area contributed by atoms with Gasteiger partial charge in [0, 0.05) is 12.8 Å². The standard InChI is InChI=1S/C21H37N5O9S/c1-36-11-9-12(23)18(31)24-13(5-7-16(27)28)19(32)25-14(6-8-17(29)30)20(33)26-15(21(34)35)4-2-3-10-22/h12-15H,2-11,22-23H2,1H3,(H,24,31)(H,25,32)(H,26,33)(H,27,28)(H,29,30)(H,34,35). The van der Waals surface area contributed by atoms with Gasteiger partial charge in [0.15, 0.2) is 0 Å². The fourth-order valence-corrected chi connectivity index (χ4v) is 3.51. The van der Waals surface area contributed by atoms with Gasteiger partial charge in [-0.25, -0.2) is 4.79 Å². The van der Waals surface area contributed by atoms with E-state index in [1.165, 1.54) is 11.8 Å². The van der Waals surface area contributed by atoms with E-state index in [2.05, 4.69) is 16.0 Å². The van der Waals surface area contributed by atoms with Gasteiger partial charge in [0.1, 0.15) is 18.1 Å². The number of amides is 3. The summed E-state index contributed by atoms with van der Waals surface area (Å²) in [6.45, 7) is 0.335. The van der Waals surface area contributed by atoms with Crippen molar-refractivity contribution in [1.82, 2.24) is 16.0 Å². The first kappa shape index (κ1) is 33.1. The van der Waals surface area contributed by atoms with Crippen molar-refractivity contribution >= 4 is 47.4 Å². The first-order valence-electron chi connectivity index (χ1n) is 11.4. The van der Waals surface area contributed by atoms with E-state index in [9.17, 15) is 33.9 Å². The highest BCUT2D eigenvalue weighted by Gasteiger charge is 2.30. The van der Waals surface area contributed by atoms with E-state index in [1.54, 1.807) is 0 Å². The van der Waals surface area contributed by atoms with Gasteiger partial charge in [-0.15, -0.1) is 0 Å². The minimum atomic E-state index is -1.45. The maximum Gasteiger partial charge on any atom is 0.326 e. The number of aliphatic carboxylic acids is 3. The molecule has 0 saturated heterocycles. The largest absolute Gasteiger partial charge is 0.481 e. The lowest BCUT2D eigenvalue weighted by molar-refractivity contribution is -0.143. The fraction of sp³-hybridized carbons (Fsp3) is 0.714. The molecule has 0 rings (SSSR count). The molecule has 0 aromatic carbocycles. The molecule has 36 heavy (non-hydrogen) atoms. The SMILES string of the molecule is CSCCC(N)C(=O)NC(CCC(=O)O)C(=O)NC(CCC(=O)O)C(=O)NC(CCCCN)C(=O)O. The Morgan fingerprint density at radius 3 is 1.61 bits per heavy atom. The summed E-state index contributed by atoms with van der Waals surface area (Å²) in [4.78, 5) is 71.6. The Morgan fingerprint density at radius 2 is 1.19 bits per heavy atom. The highest BCUT2D eigenvalue weighted by molar-refractivity contribution is 7.98. The topological polar surface area (TPSA) is 251 Å². The van der Waals surface area contributed by atoms with Crippen molar-refractivity contribution in [1.29, 1.82) is 0 Å². The predicted octanol–water partition coefficient (Wildman–Crippen LogP) is -1.54. The first-order valence-corrected chi connectivity index (χ1v) is 12.8. The molecule has 10 N–H and O–H groups in total. The molecule has 206 valence electrons. The number of carbonyl (C=O) groups is 6. The Labute approximate surface area is 213 Å². The van der Waals surface area contributed by atoms with E-state index >= 15 is 0 Å². The Morgan fingerprint density at radius 1 is 0.722 bits per heavy atom. The van der Waals surface area contributed by atoms with E-state index in [-0.39, 0.29) is 19.3 Å². The zero-order chi connectivity index (χ0) is 27.7. The number of carboxylic acids is 3. The van der Waals surface area contributed by atoms with Crippen LogP contribution in [0.15, 0.2) is 0 Å². The molecule has 4 unspecified atom stereocenters. The van der Waals surface area contributed by atoms with Gasteiger partial charge in [-0.3, -0.25) is 24.0 Å². The third-order valence-corrected chi connectivity index (χ3v) is 5.73. The van der Waals surface area contributed by atoms with Gasteiger partial charge < -0.3 is 42.7 Å². The van der Waals surface area contributed by atoms with Crippen LogP contribution in [0.5, 0.6) is 0 Å². The zero-order valence-corrected chi connectivity index (χ0v) is 21.1. The summed E-state index contributed by atoms with van der Waals surface area (Å²) in [5.74, 6) is -5.76. The summed E-state index contributed by atoms with van der Waals surface area (Å²) in [6.07, 6.45) is 1.47. The van der Waals surface area contributed by atoms with Crippen LogP contribution in [0.2, 0.25) is 0 Å². The summed E-state index contributed by atoms with van der Waals surface area (Å²) >= 11 is 1.46. The van der Waals surface area contributed by atoms with E-state index in [0.717, 1.165) is 0 Å². The number of nitrogens with two attached hydrogens (primary N) is 2. The molecule has 14 nitrogen and oxygen atoms in total. The second-order valence-corrected chi connectivity index (χ2v) is 9.04. The maximum absolute atomic E-state index is 12.9. The van der Waals surface area contributed by atoms with Crippen molar-refractivity contribution < 1.29 is 44.1 Å². The molecule has 0 bridgehead atoms. The molecule has 0 saturated carbocycles. The molecule has 0 spiro atoms. The van der Waals surface area contributed by atoms with Crippen LogP contribution in [0, 0.1) is 0 Å². The maximum atomic E-state index is 12.9. The quantitative estimate of drug-likeness (QED) is 0.0826. The second-order valence-electron chi connectivity index (χ2n) is 8.06. The molecular weight excluding hydrogens is 498 g/mol. The van der Waals surface area contributed by atoms with Crippen molar-refractivity contribution in [3.05, 3.63) is 0 Å². The Bertz CT molecular complexity index is 768. The summed E-state index contributed by atoms with van der Waals surface area (Å²) in [5, 5.41) is 34.4. The van der Waals surface area contributed by atoms with Gasteiger partial charge in [0.05, 0.1) is 6.04 Å². The molecule has 0 aliphatic rings. The Kier molecular flexibility index (Phi) is 16.9. The molecule has 0 aromatic heterocycles. The smallest absolute Gasteiger partial charge is 0.326 e. The lowest BCUT2D eigenvalue weighted by Crippen LogP contribution is -2.57. The van der Waals surface area contributed by atoms with Crippen LogP contribution < -0.4 is 27.4 Å². The van der Waals surface area contributed by atoms with Crippen LogP contribution in [-0.2, 0) is 28.8 Å². The van der Waals surface area contributed by atoms with Gasteiger partial charge >= 0.3 is 17.9 Å². The van der Waals surface area contributed by atoms with Gasteiger partial charge in [0.25, 0.3) is 0 Å². The van der Waals surface area contributed by atoms with E-state index in [1.807, 2.05) is 6.26 Å². The normalized spacial score (nSPS) is 14.1. The number of hydrogen-bond donors (Lipinski definition) is 8. The third kappa shape index (κ3) is 14.5. The van der Waals surface area contributed by atoms with Crippen molar-refractivity contribution in [2.45, 2.75) is 75.5 Å². The number of rotatable bonds is 20. The lowest BCUT2D eigenvalue weighted by atomic mass is 10.1. The summed E-state index contributed by atoms with van der Waals surface area (Å²) in [7, 11) is 0. The summed E-state index contributed by atoms with van der Waals surface area (Å²) in [5.41, 5.74) is 11.2. The van der Waals surface area contributed by atoms with Crippen LogP contribution in [0.1, 0.15) is 51.4 Å². The number of nitrogens with one attached hydrogen (secondary N) is 3. The van der Waals surface area contributed by atoms with Gasteiger partial charge in [-0.1, -0.05) is 0 Å². The number of thioether (sulfide) groups is 1. The van der Waals surface area contributed by atoms with Crippen LogP contribution in [0.4, 0.5) is 0 Å². The van der Waals surface area contributed by atoms with Gasteiger partial charge in [-0.2, -0.15) is 11.8 Å². The zero-order valence-electron chi connectivity index (χ0n) is 20.2. The molecule has 0 heterocycles.